The van der Waals surface area contributed by atoms with Gasteiger partial charge in [-0.2, -0.15) is 11.8 Å². The lowest BCUT2D eigenvalue weighted by Gasteiger charge is -2.29. The molecule has 4 heteroatoms. The number of nitrogens with zero attached hydrogens (tertiary/aromatic N) is 2. The zero-order chi connectivity index (χ0) is 12.1. The summed E-state index contributed by atoms with van der Waals surface area (Å²) in [6.07, 6.45) is 6.69. The summed E-state index contributed by atoms with van der Waals surface area (Å²) in [5.74, 6) is 3.16. The molecule has 98 valence electrons. The van der Waals surface area contributed by atoms with Crippen molar-refractivity contribution in [2.24, 2.45) is 16.1 Å². The van der Waals surface area contributed by atoms with Crippen LogP contribution in [-0.4, -0.2) is 42.0 Å². The van der Waals surface area contributed by atoms with Crippen LogP contribution in [0.15, 0.2) is 4.99 Å². The lowest BCUT2D eigenvalue weighted by Crippen LogP contribution is -2.43. The Kier molecular flexibility index (Phi) is 4.60. The van der Waals surface area contributed by atoms with Gasteiger partial charge in [0.1, 0.15) is 0 Å². The number of nitrogens with two attached hydrogens (primary N) is 1. The Morgan fingerprint density at radius 3 is 2.53 bits per heavy atom. The third-order valence-corrected chi connectivity index (χ3v) is 5.27. The number of rotatable bonds is 3. The molecule has 2 fully saturated rings. The summed E-state index contributed by atoms with van der Waals surface area (Å²) >= 11 is 2.01. The molecule has 1 heterocycles. The van der Waals surface area contributed by atoms with Gasteiger partial charge in [0.05, 0.1) is 0 Å². The van der Waals surface area contributed by atoms with Gasteiger partial charge in [-0.1, -0.05) is 19.8 Å². The number of hydrogen-bond donors (Lipinski definition) is 1. The van der Waals surface area contributed by atoms with Crippen LogP contribution in [0, 0.1) is 5.41 Å². The van der Waals surface area contributed by atoms with E-state index >= 15 is 0 Å². The molecule has 0 aromatic rings. The summed E-state index contributed by atoms with van der Waals surface area (Å²) in [6, 6.07) is 0. The first-order chi connectivity index (χ1) is 8.26. The van der Waals surface area contributed by atoms with Gasteiger partial charge < -0.3 is 10.6 Å². The molecule has 0 atom stereocenters. The zero-order valence-electron chi connectivity index (χ0n) is 11.0. The fraction of sp³-hybridized carbons (Fsp3) is 0.923. The van der Waals surface area contributed by atoms with Crippen molar-refractivity contribution in [3.8, 4) is 0 Å². The van der Waals surface area contributed by atoms with Gasteiger partial charge in [-0.3, -0.25) is 4.99 Å². The molecule has 1 saturated heterocycles. The average molecular weight is 255 g/mol. The minimum Gasteiger partial charge on any atom is -0.370 e. The maximum absolute atomic E-state index is 6.11. The van der Waals surface area contributed by atoms with Gasteiger partial charge >= 0.3 is 0 Å². The summed E-state index contributed by atoms with van der Waals surface area (Å²) in [4.78, 5) is 6.93. The maximum Gasteiger partial charge on any atom is 0.191 e. The molecule has 0 amide bonds. The molecule has 2 rings (SSSR count). The Balaban J connectivity index is 1.89. The van der Waals surface area contributed by atoms with Crippen molar-refractivity contribution in [2.45, 2.75) is 39.0 Å². The third kappa shape index (κ3) is 3.30. The van der Waals surface area contributed by atoms with E-state index in [1.54, 1.807) is 0 Å². The highest BCUT2D eigenvalue weighted by Gasteiger charge is 2.31. The predicted octanol–water partition coefficient (Wildman–Crippen LogP) is 2.32. The first-order valence-electron chi connectivity index (χ1n) is 6.88. The van der Waals surface area contributed by atoms with Crippen molar-refractivity contribution in [2.75, 3.05) is 31.1 Å². The highest BCUT2D eigenvalue weighted by Crippen LogP contribution is 2.41. The van der Waals surface area contributed by atoms with E-state index in [9.17, 15) is 0 Å². The molecule has 3 nitrogen and oxygen atoms in total. The Labute approximate surface area is 109 Å². The molecular weight excluding hydrogens is 230 g/mol. The van der Waals surface area contributed by atoms with Gasteiger partial charge in [-0.05, 0) is 24.7 Å². The summed E-state index contributed by atoms with van der Waals surface area (Å²) in [6.45, 7) is 5.38. The fourth-order valence-electron chi connectivity index (χ4n) is 2.89. The Morgan fingerprint density at radius 1 is 1.29 bits per heavy atom. The maximum atomic E-state index is 6.11. The van der Waals surface area contributed by atoms with Crippen molar-refractivity contribution in [3.05, 3.63) is 0 Å². The summed E-state index contributed by atoms with van der Waals surface area (Å²) in [7, 11) is 0. The van der Waals surface area contributed by atoms with Crippen LogP contribution in [0.4, 0.5) is 0 Å². The van der Waals surface area contributed by atoms with Crippen LogP contribution in [0.1, 0.15) is 39.0 Å². The molecule has 0 spiro atoms. The number of aliphatic imine (C=N–C) groups is 1. The quantitative estimate of drug-likeness (QED) is 0.621. The van der Waals surface area contributed by atoms with Crippen LogP contribution in [0.2, 0.25) is 0 Å². The largest absolute Gasteiger partial charge is 0.370 e. The minimum atomic E-state index is 0.467. The summed E-state index contributed by atoms with van der Waals surface area (Å²) < 4.78 is 0. The van der Waals surface area contributed by atoms with Crippen LogP contribution < -0.4 is 5.73 Å². The van der Waals surface area contributed by atoms with Gasteiger partial charge in [0.15, 0.2) is 5.96 Å². The minimum absolute atomic E-state index is 0.467. The molecule has 0 radical (unpaired) electrons. The first kappa shape index (κ1) is 13.1. The number of thioether (sulfide) groups is 1. The van der Waals surface area contributed by atoms with Crippen molar-refractivity contribution < 1.29 is 0 Å². The Bertz CT molecular complexity index is 266. The van der Waals surface area contributed by atoms with Crippen LogP contribution in [0.25, 0.3) is 0 Å². The van der Waals surface area contributed by atoms with E-state index < -0.39 is 0 Å². The predicted molar refractivity (Wildman–Crippen MR) is 76.6 cm³/mol. The topological polar surface area (TPSA) is 41.6 Å². The van der Waals surface area contributed by atoms with E-state index in [-0.39, 0.29) is 0 Å². The van der Waals surface area contributed by atoms with Gasteiger partial charge in [0, 0.05) is 31.1 Å². The highest BCUT2D eigenvalue weighted by molar-refractivity contribution is 7.99. The molecule has 0 aromatic carbocycles. The molecule has 2 N–H and O–H groups in total. The smallest absolute Gasteiger partial charge is 0.191 e. The van der Waals surface area contributed by atoms with Gasteiger partial charge in [0.2, 0.25) is 0 Å². The number of guanidine groups is 1. The standard InChI is InChI=1S/C13H25N3S/c1-2-13(5-3-4-6-13)11-15-12(14)16-7-9-17-10-8-16/h2-11H2,1H3,(H2,14,15). The second-order valence-corrected chi connectivity index (χ2v) is 6.56. The third-order valence-electron chi connectivity index (χ3n) is 4.33. The summed E-state index contributed by atoms with van der Waals surface area (Å²) in [5, 5.41) is 0. The SMILES string of the molecule is CCC1(CN=C(N)N2CCSCC2)CCCC1. The molecular formula is C13H25N3S. The van der Waals surface area contributed by atoms with Crippen molar-refractivity contribution >= 4 is 17.7 Å². The first-order valence-corrected chi connectivity index (χ1v) is 8.04. The van der Waals surface area contributed by atoms with Crippen LogP contribution in [0.3, 0.4) is 0 Å². The van der Waals surface area contributed by atoms with Gasteiger partial charge in [-0.15, -0.1) is 0 Å². The monoisotopic (exact) mass is 255 g/mol. The van der Waals surface area contributed by atoms with Crippen LogP contribution in [0.5, 0.6) is 0 Å². The molecule has 0 aromatic heterocycles. The molecule has 17 heavy (non-hydrogen) atoms. The van der Waals surface area contributed by atoms with Gasteiger partial charge in [-0.25, -0.2) is 0 Å². The lowest BCUT2D eigenvalue weighted by molar-refractivity contribution is 0.295. The summed E-state index contributed by atoms with van der Waals surface area (Å²) in [5.41, 5.74) is 6.57. The van der Waals surface area contributed by atoms with Crippen LogP contribution in [-0.2, 0) is 0 Å². The van der Waals surface area contributed by atoms with Crippen molar-refractivity contribution in [1.82, 2.24) is 4.90 Å². The van der Waals surface area contributed by atoms with Crippen LogP contribution >= 0.6 is 11.8 Å². The van der Waals surface area contributed by atoms with E-state index in [1.807, 2.05) is 11.8 Å². The van der Waals surface area contributed by atoms with E-state index in [0.717, 1.165) is 25.6 Å². The molecule has 0 unspecified atom stereocenters. The van der Waals surface area contributed by atoms with Crippen molar-refractivity contribution in [3.63, 3.8) is 0 Å². The Morgan fingerprint density at radius 2 is 1.94 bits per heavy atom. The number of hydrogen-bond acceptors (Lipinski definition) is 2. The lowest BCUT2D eigenvalue weighted by atomic mass is 9.84. The molecule has 0 bridgehead atoms. The molecule has 1 saturated carbocycles. The zero-order valence-corrected chi connectivity index (χ0v) is 11.8. The highest BCUT2D eigenvalue weighted by atomic mass is 32.2. The fourth-order valence-corrected chi connectivity index (χ4v) is 3.79. The molecule has 1 aliphatic heterocycles. The van der Waals surface area contributed by atoms with E-state index in [0.29, 0.717) is 5.41 Å². The second kappa shape index (κ2) is 5.98. The van der Waals surface area contributed by atoms with Gasteiger partial charge in [0.25, 0.3) is 0 Å². The van der Waals surface area contributed by atoms with E-state index in [4.69, 9.17) is 5.73 Å². The normalized spacial score (nSPS) is 25.2. The average Bonchev–Trinajstić information content (AvgIpc) is 2.86. The molecule has 1 aliphatic carbocycles. The van der Waals surface area contributed by atoms with E-state index in [1.165, 1.54) is 43.6 Å². The second-order valence-electron chi connectivity index (χ2n) is 5.33. The Hall–Kier alpha value is -0.380. The molecule has 2 aliphatic rings. The van der Waals surface area contributed by atoms with Crippen molar-refractivity contribution in [1.29, 1.82) is 0 Å². The van der Waals surface area contributed by atoms with E-state index in [2.05, 4.69) is 16.8 Å².